The Balaban J connectivity index is 2.06. The Bertz CT molecular complexity index is 678. The Morgan fingerprint density at radius 2 is 2.11 bits per heavy atom. The molecule has 0 bridgehead atoms. The topological polar surface area (TPSA) is 48.8 Å². The van der Waals surface area contributed by atoms with E-state index in [2.05, 4.69) is 40.0 Å². The number of hydrogen-bond donors (Lipinski definition) is 1. The Kier molecular flexibility index (Phi) is 2.64. The summed E-state index contributed by atoms with van der Waals surface area (Å²) in [4.78, 5) is 4.36. The van der Waals surface area contributed by atoms with Crippen molar-refractivity contribution >= 4 is 10.9 Å². The fraction of sp³-hybridized carbons (Fsp3) is 0.214. The van der Waals surface area contributed by atoms with Crippen molar-refractivity contribution < 1.29 is 0 Å². The molecular weight excluding hydrogens is 224 g/mol. The van der Waals surface area contributed by atoms with Gasteiger partial charge in [-0.2, -0.15) is 0 Å². The molecule has 0 saturated heterocycles. The fourth-order valence-electron chi connectivity index (χ4n) is 2.30. The predicted octanol–water partition coefficient (Wildman–Crippen LogP) is 1.88. The molecule has 0 saturated carbocycles. The SMILES string of the molecule is Cn1ccnc1Cn1ccc2c(CN)cccc21. The molecule has 0 aliphatic carbocycles. The highest BCUT2D eigenvalue weighted by Crippen LogP contribution is 2.20. The van der Waals surface area contributed by atoms with Crippen molar-refractivity contribution in [3.63, 3.8) is 0 Å². The van der Waals surface area contributed by atoms with Gasteiger partial charge in [0.25, 0.3) is 0 Å². The Hall–Kier alpha value is -2.07. The molecular formula is C14H16N4. The molecule has 0 radical (unpaired) electrons. The Labute approximate surface area is 106 Å². The third-order valence-corrected chi connectivity index (χ3v) is 3.36. The Morgan fingerprint density at radius 3 is 2.83 bits per heavy atom. The van der Waals surface area contributed by atoms with E-state index >= 15 is 0 Å². The number of nitrogens with zero attached hydrogens (tertiary/aromatic N) is 3. The van der Waals surface area contributed by atoms with Crippen molar-refractivity contribution in [3.8, 4) is 0 Å². The van der Waals surface area contributed by atoms with Crippen molar-refractivity contribution in [1.82, 2.24) is 14.1 Å². The third-order valence-electron chi connectivity index (χ3n) is 3.36. The lowest BCUT2D eigenvalue weighted by Gasteiger charge is -2.06. The smallest absolute Gasteiger partial charge is 0.128 e. The van der Waals surface area contributed by atoms with Crippen LogP contribution in [0.1, 0.15) is 11.4 Å². The van der Waals surface area contributed by atoms with E-state index in [4.69, 9.17) is 5.73 Å². The largest absolute Gasteiger partial charge is 0.340 e. The second-order valence-corrected chi connectivity index (χ2v) is 4.45. The molecule has 0 atom stereocenters. The van der Waals surface area contributed by atoms with Crippen molar-refractivity contribution in [2.75, 3.05) is 0 Å². The minimum absolute atomic E-state index is 0.573. The quantitative estimate of drug-likeness (QED) is 0.760. The molecule has 0 fully saturated rings. The first-order valence-corrected chi connectivity index (χ1v) is 6.02. The van der Waals surface area contributed by atoms with Crippen molar-refractivity contribution in [1.29, 1.82) is 0 Å². The van der Waals surface area contributed by atoms with E-state index < -0.39 is 0 Å². The molecule has 2 heterocycles. The maximum atomic E-state index is 5.76. The van der Waals surface area contributed by atoms with Crippen LogP contribution >= 0.6 is 0 Å². The van der Waals surface area contributed by atoms with E-state index in [9.17, 15) is 0 Å². The van der Waals surface area contributed by atoms with Crippen molar-refractivity contribution in [2.45, 2.75) is 13.1 Å². The van der Waals surface area contributed by atoms with Crippen LogP contribution in [0, 0.1) is 0 Å². The molecule has 0 aliphatic rings. The number of imidazole rings is 1. The van der Waals surface area contributed by atoms with E-state index in [0.29, 0.717) is 6.54 Å². The van der Waals surface area contributed by atoms with E-state index in [1.807, 2.05) is 24.0 Å². The number of fused-ring (bicyclic) bond motifs is 1. The summed E-state index contributed by atoms with van der Waals surface area (Å²) in [6.07, 6.45) is 5.89. The number of benzene rings is 1. The second kappa shape index (κ2) is 4.31. The molecule has 2 N–H and O–H groups in total. The molecule has 0 spiro atoms. The Morgan fingerprint density at radius 1 is 1.22 bits per heavy atom. The summed E-state index contributed by atoms with van der Waals surface area (Å²) >= 11 is 0. The van der Waals surface area contributed by atoms with Gasteiger partial charge in [0.15, 0.2) is 0 Å². The van der Waals surface area contributed by atoms with Gasteiger partial charge in [-0.1, -0.05) is 12.1 Å². The lowest BCUT2D eigenvalue weighted by atomic mass is 10.1. The molecule has 4 heteroatoms. The molecule has 4 nitrogen and oxygen atoms in total. The maximum absolute atomic E-state index is 5.76. The fourth-order valence-corrected chi connectivity index (χ4v) is 2.30. The van der Waals surface area contributed by atoms with Gasteiger partial charge in [0.2, 0.25) is 0 Å². The molecule has 92 valence electrons. The average Bonchev–Trinajstić information content (AvgIpc) is 2.97. The van der Waals surface area contributed by atoms with E-state index in [1.54, 1.807) is 0 Å². The zero-order valence-corrected chi connectivity index (χ0v) is 10.4. The van der Waals surface area contributed by atoms with Crippen LogP contribution < -0.4 is 5.73 Å². The van der Waals surface area contributed by atoms with Crippen LogP contribution in [0.25, 0.3) is 10.9 Å². The summed E-state index contributed by atoms with van der Waals surface area (Å²) in [6.45, 7) is 1.35. The van der Waals surface area contributed by atoms with Crippen LogP contribution in [0.2, 0.25) is 0 Å². The van der Waals surface area contributed by atoms with Crippen LogP contribution in [0.4, 0.5) is 0 Å². The first kappa shape index (κ1) is 11.0. The van der Waals surface area contributed by atoms with Crippen LogP contribution in [-0.2, 0) is 20.1 Å². The van der Waals surface area contributed by atoms with Gasteiger partial charge in [0.05, 0.1) is 6.54 Å². The summed E-state index contributed by atoms with van der Waals surface area (Å²) in [5, 5.41) is 1.23. The van der Waals surface area contributed by atoms with Crippen LogP contribution in [0.15, 0.2) is 42.9 Å². The summed E-state index contributed by atoms with van der Waals surface area (Å²) < 4.78 is 4.25. The van der Waals surface area contributed by atoms with Crippen molar-refractivity contribution in [2.24, 2.45) is 12.8 Å². The lowest BCUT2D eigenvalue weighted by molar-refractivity contribution is 0.718. The number of hydrogen-bond acceptors (Lipinski definition) is 2. The lowest BCUT2D eigenvalue weighted by Crippen LogP contribution is -2.04. The zero-order valence-electron chi connectivity index (χ0n) is 10.4. The van der Waals surface area contributed by atoms with Gasteiger partial charge in [0.1, 0.15) is 5.82 Å². The van der Waals surface area contributed by atoms with Gasteiger partial charge in [-0.25, -0.2) is 4.98 Å². The van der Waals surface area contributed by atoms with Gasteiger partial charge in [-0.3, -0.25) is 0 Å². The molecule has 3 aromatic rings. The van der Waals surface area contributed by atoms with Gasteiger partial charge in [0, 0.05) is 43.1 Å². The minimum Gasteiger partial charge on any atom is -0.340 e. The zero-order chi connectivity index (χ0) is 12.5. The molecule has 0 aliphatic heterocycles. The number of rotatable bonds is 3. The summed E-state index contributed by atoms with van der Waals surface area (Å²) in [6, 6.07) is 8.38. The number of aromatic nitrogens is 3. The van der Waals surface area contributed by atoms with Crippen LogP contribution in [0.5, 0.6) is 0 Å². The highest BCUT2D eigenvalue weighted by molar-refractivity contribution is 5.83. The highest BCUT2D eigenvalue weighted by atomic mass is 15.1. The van der Waals surface area contributed by atoms with E-state index in [-0.39, 0.29) is 0 Å². The monoisotopic (exact) mass is 240 g/mol. The minimum atomic E-state index is 0.573. The maximum Gasteiger partial charge on any atom is 0.128 e. The molecule has 18 heavy (non-hydrogen) atoms. The predicted molar refractivity (Wildman–Crippen MR) is 72.1 cm³/mol. The highest BCUT2D eigenvalue weighted by Gasteiger charge is 2.06. The van der Waals surface area contributed by atoms with Gasteiger partial charge in [-0.15, -0.1) is 0 Å². The van der Waals surface area contributed by atoms with Crippen molar-refractivity contribution in [3.05, 3.63) is 54.2 Å². The van der Waals surface area contributed by atoms with E-state index in [1.165, 1.54) is 16.5 Å². The molecule has 3 rings (SSSR count). The molecule has 0 unspecified atom stereocenters. The number of nitrogens with two attached hydrogens (primary N) is 1. The molecule has 1 aromatic carbocycles. The van der Waals surface area contributed by atoms with Gasteiger partial charge >= 0.3 is 0 Å². The summed E-state index contributed by atoms with van der Waals surface area (Å²) in [5.41, 5.74) is 8.16. The molecule has 0 amide bonds. The van der Waals surface area contributed by atoms with Crippen LogP contribution in [-0.4, -0.2) is 14.1 Å². The second-order valence-electron chi connectivity index (χ2n) is 4.45. The first-order valence-electron chi connectivity index (χ1n) is 6.02. The normalized spacial score (nSPS) is 11.2. The summed E-state index contributed by atoms with van der Waals surface area (Å²) in [5.74, 6) is 1.05. The average molecular weight is 240 g/mol. The van der Waals surface area contributed by atoms with Crippen LogP contribution in [0.3, 0.4) is 0 Å². The first-order chi connectivity index (χ1) is 8.79. The van der Waals surface area contributed by atoms with Gasteiger partial charge in [-0.05, 0) is 17.7 Å². The third kappa shape index (κ3) is 1.71. The summed E-state index contributed by atoms with van der Waals surface area (Å²) in [7, 11) is 2.01. The number of aryl methyl sites for hydroxylation is 1. The standard InChI is InChI=1S/C14H16N4/c1-17-8-6-16-14(17)10-18-7-5-12-11(9-15)3-2-4-13(12)18/h2-8H,9-10,15H2,1H3. The van der Waals surface area contributed by atoms with Gasteiger partial charge < -0.3 is 14.9 Å². The van der Waals surface area contributed by atoms with E-state index in [0.717, 1.165) is 12.4 Å². The molecule has 2 aromatic heterocycles.